The highest BCUT2D eigenvalue weighted by Gasteiger charge is 2.36. The predicted molar refractivity (Wildman–Crippen MR) is 96.4 cm³/mol. The van der Waals surface area contributed by atoms with Crippen molar-refractivity contribution in [1.82, 2.24) is 14.9 Å². The molecule has 0 bridgehead atoms. The number of carbonyl (C=O) groups excluding carboxylic acids is 3. The van der Waals surface area contributed by atoms with Crippen LogP contribution in [-0.4, -0.2) is 51.9 Å². The number of carbonyl (C=O) groups is 4. The summed E-state index contributed by atoms with van der Waals surface area (Å²) in [6.07, 6.45) is 1.55. The maximum Gasteiger partial charge on any atom is 0.372 e. The number of fused-ring (bicyclic) bond motifs is 1. The Bertz CT molecular complexity index is 978. The van der Waals surface area contributed by atoms with E-state index in [1.807, 2.05) is 0 Å². The predicted octanol–water partition coefficient (Wildman–Crippen LogP) is 1.03. The number of benzene rings is 1. The quantitative estimate of drug-likeness (QED) is 0.711. The van der Waals surface area contributed by atoms with E-state index in [-0.39, 0.29) is 36.8 Å². The minimum absolute atomic E-state index is 0.115. The molecule has 0 saturated carbocycles. The van der Waals surface area contributed by atoms with Gasteiger partial charge in [-0.1, -0.05) is 18.2 Å². The van der Waals surface area contributed by atoms with Crippen LogP contribution in [0.3, 0.4) is 0 Å². The lowest BCUT2D eigenvalue weighted by Gasteiger charge is -2.12. The third-order valence-corrected chi connectivity index (χ3v) is 4.61. The van der Waals surface area contributed by atoms with Crippen molar-refractivity contribution in [3.63, 3.8) is 0 Å². The summed E-state index contributed by atoms with van der Waals surface area (Å²) >= 11 is 0. The fraction of sp³-hybridized carbons (Fsp3) is 0.316. The van der Waals surface area contributed by atoms with Crippen LogP contribution < -0.4 is 5.32 Å². The maximum absolute atomic E-state index is 12.9. The third-order valence-electron chi connectivity index (χ3n) is 4.61. The molecule has 1 heterocycles. The lowest BCUT2D eigenvalue weighted by atomic mass is 10.0. The van der Waals surface area contributed by atoms with Crippen molar-refractivity contribution in [1.29, 1.82) is 0 Å². The molecule has 0 radical (unpaired) electrons. The number of imidazole rings is 1. The molecular weight excluding hydrogens is 366 g/mol. The van der Waals surface area contributed by atoms with Gasteiger partial charge in [-0.15, -0.1) is 0 Å². The molecule has 146 valence electrons. The van der Waals surface area contributed by atoms with E-state index in [0.717, 1.165) is 0 Å². The smallest absolute Gasteiger partial charge is 0.372 e. The van der Waals surface area contributed by atoms with Crippen molar-refractivity contribution < 1.29 is 29.0 Å². The number of esters is 1. The molecule has 1 aromatic carbocycles. The summed E-state index contributed by atoms with van der Waals surface area (Å²) in [6, 6.07) is 4.24. The van der Waals surface area contributed by atoms with Gasteiger partial charge in [0.15, 0.2) is 11.5 Å². The molecule has 0 saturated heterocycles. The molecular formula is C19H19N3O6. The summed E-state index contributed by atoms with van der Waals surface area (Å²) in [7, 11) is 1.53. The summed E-state index contributed by atoms with van der Waals surface area (Å²) in [5, 5.41) is 12.0. The number of nitrogens with zero attached hydrogens (tertiary/aromatic N) is 2. The van der Waals surface area contributed by atoms with E-state index in [1.165, 1.54) is 17.8 Å². The summed E-state index contributed by atoms with van der Waals surface area (Å²) in [4.78, 5) is 52.0. The fourth-order valence-electron chi connectivity index (χ4n) is 3.32. The van der Waals surface area contributed by atoms with Gasteiger partial charge < -0.3 is 19.7 Å². The molecule has 1 atom stereocenters. The number of aromatic carboxylic acids is 1. The molecule has 28 heavy (non-hydrogen) atoms. The summed E-state index contributed by atoms with van der Waals surface area (Å²) < 4.78 is 6.06. The SMILES string of the molecule is CCOC(=O)c1cn(C2Cc3c(CC(=O)NC)cccc3C2=O)c(C(=O)O)n1. The molecule has 0 spiro atoms. The van der Waals surface area contributed by atoms with Crippen LogP contribution >= 0.6 is 0 Å². The number of hydrogen-bond donors (Lipinski definition) is 2. The molecule has 1 aromatic heterocycles. The first-order valence-corrected chi connectivity index (χ1v) is 8.72. The summed E-state index contributed by atoms with van der Waals surface area (Å²) in [6.45, 7) is 1.74. The zero-order chi connectivity index (χ0) is 20.4. The number of aromatic nitrogens is 2. The summed E-state index contributed by atoms with van der Waals surface area (Å²) in [5.74, 6) is -3.01. The highest BCUT2D eigenvalue weighted by molar-refractivity contribution is 6.04. The van der Waals surface area contributed by atoms with Crippen LogP contribution in [0.15, 0.2) is 24.4 Å². The number of ketones is 1. The largest absolute Gasteiger partial charge is 0.475 e. The minimum Gasteiger partial charge on any atom is -0.475 e. The van der Waals surface area contributed by atoms with Crippen LogP contribution in [0, 0.1) is 0 Å². The Morgan fingerprint density at radius 3 is 2.75 bits per heavy atom. The van der Waals surface area contributed by atoms with E-state index in [0.29, 0.717) is 16.7 Å². The van der Waals surface area contributed by atoms with Gasteiger partial charge in [0.05, 0.1) is 13.0 Å². The number of nitrogens with one attached hydrogen (secondary N) is 1. The molecule has 3 rings (SSSR count). The van der Waals surface area contributed by atoms with Gasteiger partial charge in [-0.25, -0.2) is 14.6 Å². The Morgan fingerprint density at radius 1 is 1.36 bits per heavy atom. The molecule has 1 amide bonds. The summed E-state index contributed by atoms with van der Waals surface area (Å²) in [5.41, 5.74) is 1.67. The van der Waals surface area contributed by atoms with Crippen LogP contribution in [0.2, 0.25) is 0 Å². The first-order valence-electron chi connectivity index (χ1n) is 8.72. The van der Waals surface area contributed by atoms with Crippen molar-refractivity contribution in [3.8, 4) is 0 Å². The van der Waals surface area contributed by atoms with E-state index in [9.17, 15) is 24.3 Å². The number of likely N-dealkylation sites (N-methyl/N-ethyl adjacent to an activating group) is 1. The van der Waals surface area contributed by atoms with Gasteiger partial charge in [0, 0.05) is 25.2 Å². The van der Waals surface area contributed by atoms with Gasteiger partial charge in [0.2, 0.25) is 11.7 Å². The van der Waals surface area contributed by atoms with Gasteiger partial charge in [-0.3, -0.25) is 9.59 Å². The molecule has 2 N–H and O–H groups in total. The Labute approximate surface area is 160 Å². The van der Waals surface area contributed by atoms with Gasteiger partial charge in [-0.05, 0) is 18.1 Å². The Kier molecular flexibility index (Phi) is 5.25. The van der Waals surface area contributed by atoms with E-state index in [4.69, 9.17) is 4.74 Å². The molecule has 9 nitrogen and oxygen atoms in total. The molecule has 0 fully saturated rings. The zero-order valence-electron chi connectivity index (χ0n) is 15.4. The molecule has 9 heteroatoms. The normalized spacial score (nSPS) is 15.2. The second-order valence-electron chi connectivity index (χ2n) is 6.26. The second-order valence-corrected chi connectivity index (χ2v) is 6.26. The van der Waals surface area contributed by atoms with Crippen LogP contribution in [0.4, 0.5) is 0 Å². The number of rotatable bonds is 6. The highest BCUT2D eigenvalue weighted by atomic mass is 16.5. The lowest BCUT2D eigenvalue weighted by molar-refractivity contribution is -0.119. The van der Waals surface area contributed by atoms with Gasteiger partial charge in [0.25, 0.3) is 0 Å². The van der Waals surface area contributed by atoms with Crippen molar-refractivity contribution in [3.05, 3.63) is 52.6 Å². The van der Waals surface area contributed by atoms with Crippen molar-refractivity contribution >= 4 is 23.6 Å². The average Bonchev–Trinajstić information content (AvgIpc) is 3.24. The molecule has 1 unspecified atom stereocenters. The maximum atomic E-state index is 12.9. The highest BCUT2D eigenvalue weighted by Crippen LogP contribution is 2.34. The molecule has 0 aliphatic heterocycles. The van der Waals surface area contributed by atoms with Crippen LogP contribution in [0.25, 0.3) is 0 Å². The Morgan fingerprint density at radius 2 is 2.11 bits per heavy atom. The Hall–Kier alpha value is -3.49. The van der Waals surface area contributed by atoms with Crippen molar-refractivity contribution in [2.75, 3.05) is 13.7 Å². The van der Waals surface area contributed by atoms with E-state index >= 15 is 0 Å². The van der Waals surface area contributed by atoms with Gasteiger partial charge in [0.1, 0.15) is 6.04 Å². The number of carboxylic acid groups (broad SMARTS) is 1. The number of hydrogen-bond acceptors (Lipinski definition) is 6. The third kappa shape index (κ3) is 3.38. The lowest BCUT2D eigenvalue weighted by Crippen LogP contribution is -2.21. The van der Waals surface area contributed by atoms with Crippen LogP contribution in [0.1, 0.15) is 55.6 Å². The van der Waals surface area contributed by atoms with Crippen molar-refractivity contribution in [2.45, 2.75) is 25.8 Å². The van der Waals surface area contributed by atoms with Crippen LogP contribution in [0.5, 0.6) is 0 Å². The number of amides is 1. The zero-order valence-corrected chi connectivity index (χ0v) is 15.4. The minimum atomic E-state index is -1.36. The average molecular weight is 385 g/mol. The first-order chi connectivity index (χ1) is 13.4. The molecule has 1 aliphatic carbocycles. The standard InChI is InChI=1S/C19H19N3O6/c1-3-28-19(27)13-9-22(17(21-13)18(25)26)14-8-12-10(7-15(23)20-2)5-4-6-11(12)16(14)24/h4-6,9,14H,3,7-8H2,1-2H3,(H,20,23)(H,25,26). The monoisotopic (exact) mass is 385 g/mol. The number of Topliss-reactive ketones (excluding diaryl/α,β-unsaturated/α-hetero) is 1. The first kappa shape index (κ1) is 19.3. The number of carboxylic acids is 1. The molecule has 1 aliphatic rings. The fourth-order valence-corrected chi connectivity index (χ4v) is 3.32. The molecule has 2 aromatic rings. The number of ether oxygens (including phenoxy) is 1. The van der Waals surface area contributed by atoms with E-state index < -0.39 is 23.8 Å². The van der Waals surface area contributed by atoms with Gasteiger partial charge >= 0.3 is 11.9 Å². The van der Waals surface area contributed by atoms with E-state index in [2.05, 4.69) is 10.3 Å². The van der Waals surface area contributed by atoms with E-state index in [1.54, 1.807) is 25.1 Å². The Balaban J connectivity index is 2.00. The topological polar surface area (TPSA) is 128 Å². The van der Waals surface area contributed by atoms with Crippen LogP contribution in [-0.2, 0) is 22.4 Å². The van der Waals surface area contributed by atoms with Crippen molar-refractivity contribution in [2.24, 2.45) is 0 Å². The van der Waals surface area contributed by atoms with Gasteiger partial charge in [-0.2, -0.15) is 0 Å². The second kappa shape index (κ2) is 7.63.